The molecule has 0 unspecified atom stereocenters. The number of hydrogen-bond acceptors (Lipinski definition) is 7. The van der Waals surface area contributed by atoms with Gasteiger partial charge in [0.05, 0.1) is 35.9 Å². The Labute approximate surface area is 165 Å². The number of anilines is 1. The lowest BCUT2D eigenvalue weighted by molar-refractivity contribution is -0.385. The normalized spacial score (nSPS) is 11.3. The van der Waals surface area contributed by atoms with Crippen molar-refractivity contribution in [2.24, 2.45) is 0 Å². The zero-order valence-corrected chi connectivity index (χ0v) is 16.0. The number of nitro groups is 1. The lowest BCUT2D eigenvalue weighted by Crippen LogP contribution is -2.30. The number of nitrogens with zero attached hydrogens (tertiary/aromatic N) is 1. The van der Waals surface area contributed by atoms with Crippen molar-refractivity contribution in [1.82, 2.24) is 0 Å². The van der Waals surface area contributed by atoms with E-state index in [2.05, 4.69) is 5.32 Å². The summed E-state index contributed by atoms with van der Waals surface area (Å²) in [6.07, 6.45) is -1.24. The van der Waals surface area contributed by atoms with Crippen LogP contribution in [0.1, 0.15) is 17.3 Å². The Morgan fingerprint density at radius 3 is 2.32 bits per heavy atom. The molecule has 0 aliphatic heterocycles. The predicted octanol–water partition coefficient (Wildman–Crippen LogP) is 3.45. The molecule has 0 saturated heterocycles. The molecule has 1 N–H and O–H groups in total. The van der Waals surface area contributed by atoms with Crippen molar-refractivity contribution in [2.45, 2.75) is 13.0 Å². The lowest BCUT2D eigenvalue weighted by Gasteiger charge is -2.15. The fraction of sp³-hybridized carbons (Fsp3) is 0.222. The number of benzene rings is 2. The highest BCUT2D eigenvalue weighted by atomic mass is 35.5. The maximum Gasteiger partial charge on any atom is 0.346 e. The second kappa shape index (κ2) is 9.05. The molecule has 1 atom stereocenters. The number of esters is 1. The standard InChI is InChI=1S/C18H17ClN2O7/c1-10(17(22)20-13-7-5-4-6-12(13)19)28-18(23)11-8-15(26-2)16(27-3)9-14(11)21(24)25/h4-10H,1-3H3,(H,20,22)/t10-/m1/s1. The number of carbonyl (C=O) groups excluding carboxylic acids is 2. The number of rotatable bonds is 7. The molecule has 1 amide bonds. The average Bonchev–Trinajstić information content (AvgIpc) is 2.68. The SMILES string of the molecule is COc1cc(C(=O)O[C@H](C)C(=O)Nc2ccccc2Cl)c([N+](=O)[O-])cc1OC. The highest BCUT2D eigenvalue weighted by molar-refractivity contribution is 6.33. The van der Waals surface area contributed by atoms with Gasteiger partial charge in [0.25, 0.3) is 11.6 Å². The van der Waals surface area contributed by atoms with Crippen LogP contribution in [0.15, 0.2) is 36.4 Å². The minimum Gasteiger partial charge on any atom is -0.493 e. The molecular weight excluding hydrogens is 392 g/mol. The number of para-hydroxylation sites is 1. The van der Waals surface area contributed by atoms with Gasteiger partial charge >= 0.3 is 5.97 Å². The second-order valence-electron chi connectivity index (χ2n) is 5.50. The van der Waals surface area contributed by atoms with Crippen LogP contribution < -0.4 is 14.8 Å². The molecule has 0 radical (unpaired) electrons. The van der Waals surface area contributed by atoms with Crippen molar-refractivity contribution in [1.29, 1.82) is 0 Å². The van der Waals surface area contributed by atoms with Gasteiger partial charge in [-0.3, -0.25) is 14.9 Å². The molecule has 28 heavy (non-hydrogen) atoms. The van der Waals surface area contributed by atoms with E-state index >= 15 is 0 Å². The Balaban J connectivity index is 2.22. The summed E-state index contributed by atoms with van der Waals surface area (Å²) in [5, 5.41) is 14.1. The first-order valence-corrected chi connectivity index (χ1v) is 8.33. The predicted molar refractivity (Wildman–Crippen MR) is 101 cm³/mol. The van der Waals surface area contributed by atoms with Gasteiger partial charge < -0.3 is 19.5 Å². The molecule has 0 aliphatic rings. The number of amides is 1. The first-order chi connectivity index (χ1) is 13.3. The van der Waals surface area contributed by atoms with Gasteiger partial charge in [-0.2, -0.15) is 0 Å². The molecule has 0 spiro atoms. The first-order valence-electron chi connectivity index (χ1n) is 7.95. The van der Waals surface area contributed by atoms with Crippen LogP contribution in [0.3, 0.4) is 0 Å². The molecule has 0 saturated carbocycles. The summed E-state index contributed by atoms with van der Waals surface area (Å²) in [4.78, 5) is 35.2. The smallest absolute Gasteiger partial charge is 0.346 e. The number of nitrogens with one attached hydrogen (secondary N) is 1. The molecule has 148 valence electrons. The minimum absolute atomic E-state index is 0.0789. The van der Waals surface area contributed by atoms with Gasteiger partial charge in [0.15, 0.2) is 17.6 Å². The van der Waals surface area contributed by atoms with E-state index in [1.807, 2.05) is 0 Å². The molecule has 0 bridgehead atoms. The van der Waals surface area contributed by atoms with E-state index in [-0.39, 0.29) is 17.1 Å². The summed E-state index contributed by atoms with van der Waals surface area (Å²) in [5.41, 5.74) is -0.574. The lowest BCUT2D eigenvalue weighted by atomic mass is 10.1. The average molecular weight is 409 g/mol. The zero-order valence-electron chi connectivity index (χ0n) is 15.2. The molecule has 0 fully saturated rings. The topological polar surface area (TPSA) is 117 Å². The van der Waals surface area contributed by atoms with Crippen LogP contribution in [0.4, 0.5) is 11.4 Å². The molecule has 0 heterocycles. The van der Waals surface area contributed by atoms with Crippen LogP contribution in [0.2, 0.25) is 5.02 Å². The molecule has 9 nitrogen and oxygen atoms in total. The Morgan fingerprint density at radius 2 is 1.75 bits per heavy atom. The maximum atomic E-state index is 12.4. The fourth-order valence-corrected chi connectivity index (χ4v) is 2.44. The van der Waals surface area contributed by atoms with Crippen molar-refractivity contribution in [3.8, 4) is 11.5 Å². The molecule has 10 heteroatoms. The van der Waals surface area contributed by atoms with Gasteiger partial charge in [-0.1, -0.05) is 23.7 Å². The molecule has 0 aliphatic carbocycles. The Bertz CT molecular complexity index is 917. The van der Waals surface area contributed by atoms with Gasteiger partial charge in [0.2, 0.25) is 0 Å². The number of carbonyl (C=O) groups is 2. The third-order valence-corrected chi connectivity index (χ3v) is 4.03. The van der Waals surface area contributed by atoms with E-state index in [4.69, 9.17) is 25.8 Å². The number of ether oxygens (including phenoxy) is 3. The van der Waals surface area contributed by atoms with Gasteiger partial charge in [-0.25, -0.2) is 4.79 Å². The summed E-state index contributed by atoms with van der Waals surface area (Å²) in [6, 6.07) is 8.69. The van der Waals surface area contributed by atoms with Gasteiger partial charge in [0, 0.05) is 6.07 Å². The van der Waals surface area contributed by atoms with Crippen LogP contribution in [-0.2, 0) is 9.53 Å². The number of nitro benzene ring substituents is 1. The van der Waals surface area contributed by atoms with Crippen molar-refractivity contribution in [3.63, 3.8) is 0 Å². The second-order valence-corrected chi connectivity index (χ2v) is 5.91. The maximum absolute atomic E-state index is 12.4. The summed E-state index contributed by atoms with van der Waals surface area (Å²) in [6.45, 7) is 1.33. The van der Waals surface area contributed by atoms with Crippen LogP contribution >= 0.6 is 11.6 Å². The molecular formula is C18H17ClN2O7. The van der Waals surface area contributed by atoms with E-state index in [1.54, 1.807) is 24.3 Å². The molecule has 0 aromatic heterocycles. The van der Waals surface area contributed by atoms with Gasteiger partial charge in [-0.15, -0.1) is 0 Å². The quantitative estimate of drug-likeness (QED) is 0.423. The van der Waals surface area contributed by atoms with Gasteiger partial charge in [-0.05, 0) is 19.1 Å². The third kappa shape index (κ3) is 4.68. The summed E-state index contributed by atoms with van der Waals surface area (Å²) >= 11 is 5.97. The highest BCUT2D eigenvalue weighted by Gasteiger charge is 2.28. The van der Waals surface area contributed by atoms with E-state index in [9.17, 15) is 19.7 Å². The first kappa shape index (κ1) is 21.0. The molecule has 2 aromatic carbocycles. The number of methoxy groups -OCH3 is 2. The van der Waals surface area contributed by atoms with Crippen molar-refractivity contribution in [3.05, 3.63) is 57.1 Å². The zero-order chi connectivity index (χ0) is 20.8. The highest BCUT2D eigenvalue weighted by Crippen LogP contribution is 2.35. The van der Waals surface area contributed by atoms with Gasteiger partial charge in [0.1, 0.15) is 5.56 Å². The van der Waals surface area contributed by atoms with Crippen LogP contribution in [-0.4, -0.2) is 37.1 Å². The Morgan fingerprint density at radius 1 is 1.14 bits per heavy atom. The summed E-state index contributed by atoms with van der Waals surface area (Å²) < 4.78 is 15.1. The minimum atomic E-state index is -1.24. The third-order valence-electron chi connectivity index (χ3n) is 3.70. The van der Waals surface area contributed by atoms with E-state index in [0.717, 1.165) is 12.1 Å². The Kier molecular flexibility index (Phi) is 6.78. The summed E-state index contributed by atoms with van der Waals surface area (Å²) in [5.74, 6) is -1.53. The van der Waals surface area contributed by atoms with Crippen molar-refractivity contribution >= 4 is 34.9 Å². The Hall–Kier alpha value is -3.33. The largest absolute Gasteiger partial charge is 0.493 e. The number of halogens is 1. The van der Waals surface area contributed by atoms with Crippen molar-refractivity contribution in [2.75, 3.05) is 19.5 Å². The van der Waals surface area contributed by atoms with E-state index < -0.39 is 28.6 Å². The van der Waals surface area contributed by atoms with E-state index in [1.165, 1.54) is 21.1 Å². The van der Waals surface area contributed by atoms with Crippen LogP contribution in [0, 0.1) is 10.1 Å². The number of hydrogen-bond donors (Lipinski definition) is 1. The molecule has 2 aromatic rings. The van der Waals surface area contributed by atoms with E-state index in [0.29, 0.717) is 10.7 Å². The van der Waals surface area contributed by atoms with Crippen molar-refractivity contribution < 1.29 is 28.7 Å². The summed E-state index contributed by atoms with van der Waals surface area (Å²) in [7, 11) is 2.62. The molecule has 2 rings (SSSR count). The fourth-order valence-electron chi connectivity index (χ4n) is 2.26. The van der Waals surface area contributed by atoms with Crippen LogP contribution in [0.5, 0.6) is 11.5 Å². The van der Waals surface area contributed by atoms with Crippen LogP contribution in [0.25, 0.3) is 0 Å². The monoisotopic (exact) mass is 408 g/mol.